The predicted molar refractivity (Wildman–Crippen MR) is 76.7 cm³/mol. The Balaban J connectivity index is 2.11. The lowest BCUT2D eigenvalue weighted by Crippen LogP contribution is -1.98. The molecule has 0 aliphatic rings. The molecule has 6 heteroatoms. The summed E-state index contributed by atoms with van der Waals surface area (Å²) in [6, 6.07) is 7.21. The third kappa shape index (κ3) is 3.80. The molecule has 0 saturated carbocycles. The van der Waals surface area contributed by atoms with Crippen molar-refractivity contribution in [2.45, 2.75) is 6.92 Å². The van der Waals surface area contributed by atoms with Gasteiger partial charge in [-0.3, -0.25) is 0 Å². The Morgan fingerprint density at radius 1 is 1.50 bits per heavy atom. The summed E-state index contributed by atoms with van der Waals surface area (Å²) in [5.74, 6) is 0.334. The lowest BCUT2D eigenvalue weighted by atomic mass is 10.2. The Bertz CT molecular complexity index is 677. The number of carbonyl (C=O) groups is 1. The van der Waals surface area contributed by atoms with Crippen LogP contribution >= 0.6 is 11.6 Å². The molecule has 0 saturated heterocycles. The van der Waals surface area contributed by atoms with Crippen molar-refractivity contribution in [3.63, 3.8) is 0 Å². The summed E-state index contributed by atoms with van der Waals surface area (Å²) < 4.78 is 6.19. The van der Waals surface area contributed by atoms with E-state index in [9.17, 15) is 4.79 Å². The molecule has 1 heterocycles. The number of benzene rings is 1. The lowest BCUT2D eigenvalue weighted by molar-refractivity contribution is -0.133. The van der Waals surface area contributed by atoms with Gasteiger partial charge in [-0.05, 0) is 19.1 Å². The lowest BCUT2D eigenvalue weighted by Gasteiger charge is -1.97. The van der Waals surface area contributed by atoms with Crippen molar-refractivity contribution in [1.82, 2.24) is 14.8 Å². The van der Waals surface area contributed by atoms with E-state index in [1.165, 1.54) is 23.3 Å². The monoisotopic (exact) mass is 289 g/mol. The maximum absolute atomic E-state index is 11.3. The first kappa shape index (κ1) is 14.0. The van der Waals surface area contributed by atoms with Crippen LogP contribution in [0.1, 0.15) is 6.92 Å². The molecule has 2 aromatic rings. The van der Waals surface area contributed by atoms with E-state index >= 15 is 0 Å². The highest BCUT2D eigenvalue weighted by molar-refractivity contribution is 6.30. The van der Waals surface area contributed by atoms with Crippen molar-refractivity contribution in [3.8, 4) is 11.4 Å². The fourth-order valence-corrected chi connectivity index (χ4v) is 1.64. The minimum Gasteiger partial charge on any atom is -0.429 e. The maximum atomic E-state index is 11.3. The molecular formula is C14H12ClN3O2. The van der Waals surface area contributed by atoms with Crippen LogP contribution in [0.5, 0.6) is 0 Å². The van der Waals surface area contributed by atoms with Crippen LogP contribution in [0.25, 0.3) is 17.6 Å². The number of halogens is 1. The molecule has 102 valence electrons. The zero-order valence-corrected chi connectivity index (χ0v) is 11.5. The van der Waals surface area contributed by atoms with Gasteiger partial charge < -0.3 is 4.74 Å². The Morgan fingerprint density at radius 3 is 3.00 bits per heavy atom. The molecule has 5 nitrogen and oxygen atoms in total. The number of ether oxygens (including phenoxy) is 1. The third-order valence-corrected chi connectivity index (χ3v) is 2.46. The van der Waals surface area contributed by atoms with Crippen LogP contribution in [-0.4, -0.2) is 20.7 Å². The number of nitrogens with zero attached hydrogens (tertiary/aromatic N) is 3. The zero-order chi connectivity index (χ0) is 14.5. The highest BCUT2D eigenvalue weighted by atomic mass is 35.5. The average molecular weight is 290 g/mol. The van der Waals surface area contributed by atoms with Crippen molar-refractivity contribution >= 4 is 23.8 Å². The largest absolute Gasteiger partial charge is 0.429 e. The molecule has 0 atom stereocenters. The van der Waals surface area contributed by atoms with Crippen LogP contribution in [-0.2, 0) is 9.53 Å². The molecule has 0 unspecified atom stereocenters. The molecule has 1 aromatic heterocycles. The molecule has 2 rings (SSSR count). The molecule has 0 aliphatic heterocycles. The van der Waals surface area contributed by atoms with Crippen molar-refractivity contribution < 1.29 is 9.53 Å². The van der Waals surface area contributed by atoms with Crippen molar-refractivity contribution in [1.29, 1.82) is 0 Å². The number of aromatic nitrogens is 3. The standard InChI is InChI=1S/C14H12ClN3O2/c1-10(2)20-13(19)6-7-18-9-16-14(17-18)11-4-3-5-12(15)8-11/h3-9H,1H2,2H3/b7-6+. The first-order valence-electron chi connectivity index (χ1n) is 5.77. The third-order valence-electron chi connectivity index (χ3n) is 2.23. The van der Waals surface area contributed by atoms with E-state index in [4.69, 9.17) is 16.3 Å². The average Bonchev–Trinajstić information content (AvgIpc) is 2.84. The number of esters is 1. The van der Waals surface area contributed by atoms with Gasteiger partial charge in [0.15, 0.2) is 5.82 Å². The molecule has 20 heavy (non-hydrogen) atoms. The van der Waals surface area contributed by atoms with E-state index in [1.54, 1.807) is 19.1 Å². The van der Waals surface area contributed by atoms with E-state index < -0.39 is 5.97 Å². The summed E-state index contributed by atoms with van der Waals surface area (Å²) in [6.07, 6.45) is 4.18. The minimum atomic E-state index is -0.516. The summed E-state index contributed by atoms with van der Waals surface area (Å²) in [7, 11) is 0. The number of hydrogen-bond donors (Lipinski definition) is 0. The van der Waals surface area contributed by atoms with E-state index in [-0.39, 0.29) is 0 Å². The second-order valence-electron chi connectivity index (χ2n) is 4.00. The topological polar surface area (TPSA) is 57.0 Å². The van der Waals surface area contributed by atoms with Crippen LogP contribution < -0.4 is 0 Å². The zero-order valence-electron chi connectivity index (χ0n) is 10.8. The summed E-state index contributed by atoms with van der Waals surface area (Å²) in [6.45, 7) is 5.07. The van der Waals surface area contributed by atoms with E-state index in [1.807, 2.05) is 12.1 Å². The van der Waals surface area contributed by atoms with Crippen molar-refractivity contribution in [2.75, 3.05) is 0 Å². The SMILES string of the molecule is C=C(C)OC(=O)/C=C/n1cnc(-c2cccc(Cl)c2)n1. The minimum absolute atomic E-state index is 0.331. The number of rotatable bonds is 4. The quantitative estimate of drug-likeness (QED) is 0.493. The van der Waals surface area contributed by atoms with Crippen LogP contribution in [0, 0.1) is 0 Å². The molecule has 0 radical (unpaired) electrons. The van der Waals surface area contributed by atoms with Crippen LogP contribution in [0.15, 0.2) is 49.0 Å². The highest BCUT2D eigenvalue weighted by Crippen LogP contribution is 2.18. The van der Waals surface area contributed by atoms with Gasteiger partial charge in [-0.1, -0.05) is 30.3 Å². The summed E-state index contributed by atoms with van der Waals surface area (Å²) in [5.41, 5.74) is 0.800. The fraction of sp³-hybridized carbons (Fsp3) is 0.0714. The van der Waals surface area contributed by atoms with Crippen LogP contribution in [0.4, 0.5) is 0 Å². The number of allylic oxidation sites excluding steroid dienone is 1. The van der Waals surface area contributed by atoms with Gasteiger partial charge in [0.1, 0.15) is 6.33 Å². The Kier molecular flexibility index (Phi) is 4.32. The van der Waals surface area contributed by atoms with Gasteiger partial charge in [0, 0.05) is 22.9 Å². The van der Waals surface area contributed by atoms with Gasteiger partial charge in [0.2, 0.25) is 0 Å². The van der Waals surface area contributed by atoms with Gasteiger partial charge in [0.05, 0.1) is 5.76 Å². The van der Waals surface area contributed by atoms with Gasteiger partial charge >= 0.3 is 5.97 Å². The van der Waals surface area contributed by atoms with Gasteiger partial charge in [-0.15, -0.1) is 5.10 Å². The van der Waals surface area contributed by atoms with E-state index in [2.05, 4.69) is 16.7 Å². The van der Waals surface area contributed by atoms with Gasteiger partial charge in [-0.2, -0.15) is 0 Å². The Labute approximate surface area is 121 Å². The Hall–Kier alpha value is -2.40. The molecule has 0 N–H and O–H groups in total. The molecule has 0 bridgehead atoms. The van der Waals surface area contributed by atoms with E-state index in [0.717, 1.165) is 5.56 Å². The van der Waals surface area contributed by atoms with E-state index in [0.29, 0.717) is 16.6 Å². The van der Waals surface area contributed by atoms with Gasteiger partial charge in [-0.25, -0.2) is 14.5 Å². The first-order valence-corrected chi connectivity index (χ1v) is 6.15. The maximum Gasteiger partial charge on any atom is 0.337 e. The molecule has 1 aromatic carbocycles. The molecule has 0 fully saturated rings. The fourth-order valence-electron chi connectivity index (χ4n) is 1.45. The molecule has 0 aliphatic carbocycles. The predicted octanol–water partition coefficient (Wildman–Crippen LogP) is 3.15. The molecule has 0 amide bonds. The molecular weight excluding hydrogens is 278 g/mol. The van der Waals surface area contributed by atoms with Crippen molar-refractivity contribution in [2.24, 2.45) is 0 Å². The van der Waals surface area contributed by atoms with Crippen LogP contribution in [0.2, 0.25) is 5.02 Å². The first-order chi connectivity index (χ1) is 9.54. The van der Waals surface area contributed by atoms with Crippen LogP contribution in [0.3, 0.4) is 0 Å². The summed E-state index contributed by atoms with van der Waals surface area (Å²) >= 11 is 5.91. The normalized spacial score (nSPS) is 10.7. The Morgan fingerprint density at radius 2 is 2.30 bits per heavy atom. The smallest absolute Gasteiger partial charge is 0.337 e. The molecule has 0 spiro atoms. The summed E-state index contributed by atoms with van der Waals surface area (Å²) in [4.78, 5) is 15.4. The summed E-state index contributed by atoms with van der Waals surface area (Å²) in [5, 5.41) is 4.81. The number of hydrogen-bond acceptors (Lipinski definition) is 4. The number of carbonyl (C=O) groups excluding carboxylic acids is 1. The highest BCUT2D eigenvalue weighted by Gasteiger charge is 2.04. The van der Waals surface area contributed by atoms with Crippen molar-refractivity contribution in [3.05, 3.63) is 54.0 Å². The second-order valence-corrected chi connectivity index (χ2v) is 4.43. The second kappa shape index (κ2) is 6.16. The van der Waals surface area contributed by atoms with Gasteiger partial charge in [0.25, 0.3) is 0 Å².